The van der Waals surface area contributed by atoms with E-state index in [4.69, 9.17) is 4.74 Å². The topological polar surface area (TPSA) is 50.1 Å². The summed E-state index contributed by atoms with van der Waals surface area (Å²) in [5.74, 6) is 3.40. The number of carbonyl (C=O) groups is 1. The van der Waals surface area contributed by atoms with E-state index in [0.717, 1.165) is 42.9 Å². The second-order valence-electron chi connectivity index (χ2n) is 10.0. The summed E-state index contributed by atoms with van der Waals surface area (Å²) < 4.78 is 5.58. The lowest BCUT2D eigenvalue weighted by Gasteiger charge is -2.59. The molecule has 0 spiro atoms. The monoisotopic (exact) mass is 343 g/mol. The van der Waals surface area contributed by atoms with Crippen LogP contribution in [0.25, 0.3) is 0 Å². The first-order valence-corrected chi connectivity index (χ1v) is 10.4. The highest BCUT2D eigenvalue weighted by Gasteiger charge is 2.59. The van der Waals surface area contributed by atoms with E-state index in [2.05, 4.69) is 19.9 Å². The van der Waals surface area contributed by atoms with E-state index in [-0.39, 0.29) is 23.4 Å². The Morgan fingerprint density at radius 1 is 1.00 bits per heavy atom. The maximum Gasteiger partial charge on any atom is 0.302 e. The fourth-order valence-corrected chi connectivity index (χ4v) is 7.78. The summed E-state index contributed by atoms with van der Waals surface area (Å²) in [5.41, 5.74) is 0.624. The molecule has 4 aliphatic carbocycles. The molecule has 25 heavy (non-hydrogen) atoms. The van der Waals surface area contributed by atoms with Crippen LogP contribution in [0.3, 0.4) is 0 Å². The van der Waals surface area contributed by atoms with Crippen LogP contribution in [0.1, 0.15) is 78.6 Å². The van der Waals surface area contributed by atoms with Gasteiger partial charge in [-0.1, -0.05) is 13.8 Å². The van der Waals surface area contributed by atoms with Gasteiger partial charge >= 0.3 is 5.97 Å². The Balaban J connectivity index is 1.53. The van der Waals surface area contributed by atoms with Crippen molar-refractivity contribution in [2.45, 2.75) is 84.7 Å². The van der Waals surface area contributed by atoms with Gasteiger partial charge in [0.05, 0.1) is 12.0 Å². The van der Waals surface area contributed by atoms with Crippen LogP contribution in [0.5, 0.6) is 0 Å². The summed E-state index contributed by atoms with van der Waals surface area (Å²) in [6.07, 6.45) is 11.0. The van der Waals surface area contributed by atoms with Gasteiger partial charge in [-0.05, 0) is 92.3 Å². The fraction of sp³-hybridized carbons (Fsp3) is 0.909. The maximum atomic E-state index is 11.4. The van der Waals surface area contributed by atoms with Crippen LogP contribution in [0.4, 0.5) is 0 Å². The lowest BCUT2D eigenvalue weighted by molar-refractivity contribution is -0.158. The summed E-state index contributed by atoms with van der Waals surface area (Å²) in [7, 11) is 0. The third kappa shape index (κ3) is 2.63. The van der Waals surface area contributed by atoms with E-state index >= 15 is 0 Å². The molecular formula is C22H33NO2. The van der Waals surface area contributed by atoms with Crippen molar-refractivity contribution in [3.8, 4) is 6.07 Å². The Kier molecular flexibility index (Phi) is 4.17. The normalized spacial score (nSPS) is 51.6. The molecule has 0 bridgehead atoms. The predicted octanol–water partition coefficient (Wildman–Crippen LogP) is 5.10. The van der Waals surface area contributed by atoms with Gasteiger partial charge in [-0.3, -0.25) is 4.79 Å². The standard InChI is InChI=1S/C22H33NO2/c1-14(24)25-16-5-7-19-17-9-11-22(3)15(13-23)4-6-20(22)18(17)8-10-21(19,2)12-16/h15-20H,4-12H2,1-3H3/t15-,16+,17-,18+,19+,20-,21-,22+/m0/s1. The molecule has 0 aliphatic heterocycles. The van der Waals surface area contributed by atoms with Gasteiger partial charge in [0, 0.05) is 6.92 Å². The average molecular weight is 344 g/mol. The second-order valence-corrected chi connectivity index (χ2v) is 10.0. The maximum absolute atomic E-state index is 11.4. The molecule has 0 radical (unpaired) electrons. The summed E-state index contributed by atoms with van der Waals surface area (Å²) in [4.78, 5) is 11.4. The molecule has 8 atom stereocenters. The molecule has 4 aliphatic rings. The molecule has 0 aromatic heterocycles. The number of nitrogens with zero attached hydrogens (tertiary/aromatic N) is 1. The lowest BCUT2D eigenvalue weighted by atomic mass is 9.46. The van der Waals surface area contributed by atoms with Gasteiger partial charge in [0.2, 0.25) is 0 Å². The van der Waals surface area contributed by atoms with Crippen LogP contribution in [-0.4, -0.2) is 12.1 Å². The van der Waals surface area contributed by atoms with Crippen LogP contribution in [0.15, 0.2) is 0 Å². The Morgan fingerprint density at radius 2 is 1.68 bits per heavy atom. The predicted molar refractivity (Wildman–Crippen MR) is 96.4 cm³/mol. The minimum Gasteiger partial charge on any atom is -0.463 e. The van der Waals surface area contributed by atoms with Gasteiger partial charge in [-0.2, -0.15) is 5.26 Å². The van der Waals surface area contributed by atoms with Gasteiger partial charge in [0.15, 0.2) is 0 Å². The molecule has 3 nitrogen and oxygen atoms in total. The second kappa shape index (κ2) is 6.00. The number of esters is 1. The molecule has 4 fully saturated rings. The first-order chi connectivity index (χ1) is 11.9. The van der Waals surface area contributed by atoms with E-state index in [1.807, 2.05) is 0 Å². The molecule has 138 valence electrons. The molecule has 0 saturated heterocycles. The van der Waals surface area contributed by atoms with Crippen LogP contribution in [0, 0.1) is 51.8 Å². The molecule has 0 aromatic carbocycles. The van der Waals surface area contributed by atoms with E-state index in [0.29, 0.717) is 5.41 Å². The zero-order valence-corrected chi connectivity index (χ0v) is 16.1. The van der Waals surface area contributed by atoms with Crippen LogP contribution < -0.4 is 0 Å². The molecule has 0 amide bonds. The van der Waals surface area contributed by atoms with Crippen molar-refractivity contribution >= 4 is 5.97 Å². The summed E-state index contributed by atoms with van der Waals surface area (Å²) in [6.45, 7) is 6.42. The zero-order valence-electron chi connectivity index (χ0n) is 16.1. The SMILES string of the molecule is CC(=O)O[C@@H]1CC[C@@H]2[C@H]3CC[C@]4(C)[C@H](C#N)CC[C@H]4[C@@H]3CC[C@@]2(C)C1. The minimum atomic E-state index is -0.123. The van der Waals surface area contributed by atoms with Crippen LogP contribution >= 0.6 is 0 Å². The fourth-order valence-electron chi connectivity index (χ4n) is 7.78. The Hall–Kier alpha value is -1.04. The Labute approximate surface area is 152 Å². The highest BCUT2D eigenvalue weighted by atomic mass is 16.5. The summed E-state index contributed by atoms with van der Waals surface area (Å²) in [6, 6.07) is 2.64. The van der Waals surface area contributed by atoms with Crippen LogP contribution in [-0.2, 0) is 9.53 Å². The first kappa shape index (κ1) is 17.4. The number of rotatable bonds is 1. The third-order valence-electron chi connectivity index (χ3n) is 8.94. The van der Waals surface area contributed by atoms with E-state index in [1.165, 1.54) is 38.5 Å². The van der Waals surface area contributed by atoms with Gasteiger partial charge in [-0.15, -0.1) is 0 Å². The van der Waals surface area contributed by atoms with Crippen molar-refractivity contribution in [1.82, 2.24) is 0 Å². The van der Waals surface area contributed by atoms with Gasteiger partial charge < -0.3 is 4.74 Å². The summed E-state index contributed by atoms with van der Waals surface area (Å²) >= 11 is 0. The van der Waals surface area contributed by atoms with Crippen molar-refractivity contribution < 1.29 is 9.53 Å². The molecule has 0 heterocycles. The smallest absolute Gasteiger partial charge is 0.302 e. The van der Waals surface area contributed by atoms with Crippen molar-refractivity contribution in [3.63, 3.8) is 0 Å². The minimum absolute atomic E-state index is 0.123. The lowest BCUT2D eigenvalue weighted by Crippen LogP contribution is -2.52. The number of hydrogen-bond donors (Lipinski definition) is 0. The summed E-state index contributed by atoms with van der Waals surface area (Å²) in [5, 5.41) is 9.60. The largest absolute Gasteiger partial charge is 0.463 e. The number of ether oxygens (including phenoxy) is 1. The van der Waals surface area contributed by atoms with Gasteiger partial charge in [0.1, 0.15) is 6.10 Å². The molecule has 0 unspecified atom stereocenters. The van der Waals surface area contributed by atoms with E-state index < -0.39 is 0 Å². The van der Waals surface area contributed by atoms with E-state index in [9.17, 15) is 10.1 Å². The Morgan fingerprint density at radius 3 is 2.40 bits per heavy atom. The number of carbonyl (C=O) groups excluding carboxylic acids is 1. The van der Waals surface area contributed by atoms with E-state index in [1.54, 1.807) is 6.92 Å². The Bertz CT molecular complexity index is 595. The molecule has 0 aromatic rings. The van der Waals surface area contributed by atoms with Crippen molar-refractivity contribution in [2.75, 3.05) is 0 Å². The quantitative estimate of drug-likeness (QED) is 0.622. The number of nitriles is 1. The van der Waals surface area contributed by atoms with Gasteiger partial charge in [-0.25, -0.2) is 0 Å². The molecule has 3 heteroatoms. The first-order valence-electron chi connectivity index (χ1n) is 10.4. The third-order valence-corrected chi connectivity index (χ3v) is 8.94. The number of hydrogen-bond acceptors (Lipinski definition) is 3. The average Bonchev–Trinajstić information content (AvgIpc) is 2.89. The molecular weight excluding hydrogens is 310 g/mol. The molecule has 4 rings (SSSR count). The van der Waals surface area contributed by atoms with Crippen LogP contribution in [0.2, 0.25) is 0 Å². The van der Waals surface area contributed by atoms with Crippen molar-refractivity contribution in [2.24, 2.45) is 40.4 Å². The molecule has 0 N–H and O–H groups in total. The number of fused-ring (bicyclic) bond motifs is 5. The van der Waals surface area contributed by atoms with Crippen molar-refractivity contribution in [3.05, 3.63) is 0 Å². The van der Waals surface area contributed by atoms with Gasteiger partial charge in [0.25, 0.3) is 0 Å². The van der Waals surface area contributed by atoms with Crippen molar-refractivity contribution in [1.29, 1.82) is 5.26 Å². The zero-order chi connectivity index (χ0) is 17.8. The highest BCUT2D eigenvalue weighted by molar-refractivity contribution is 5.66. The highest BCUT2D eigenvalue weighted by Crippen LogP contribution is 2.66. The molecule has 4 saturated carbocycles.